The van der Waals surface area contributed by atoms with Gasteiger partial charge in [-0.15, -0.1) is 10.2 Å². The van der Waals surface area contributed by atoms with E-state index in [1.165, 1.54) is 6.33 Å². The van der Waals surface area contributed by atoms with E-state index in [0.717, 1.165) is 16.8 Å². The van der Waals surface area contributed by atoms with Gasteiger partial charge in [0, 0.05) is 25.3 Å². The first-order chi connectivity index (χ1) is 9.20. The van der Waals surface area contributed by atoms with Gasteiger partial charge in [0.1, 0.15) is 12.0 Å². The van der Waals surface area contributed by atoms with Crippen LogP contribution in [0.3, 0.4) is 0 Å². The minimum Gasteiger partial charge on any atom is -0.371 e. The summed E-state index contributed by atoms with van der Waals surface area (Å²) in [5.74, 6) is 0.783. The molecule has 1 aromatic heterocycles. The zero-order valence-corrected chi connectivity index (χ0v) is 10.7. The van der Waals surface area contributed by atoms with Crippen molar-refractivity contribution < 1.29 is 4.79 Å². The zero-order chi connectivity index (χ0) is 13.4. The van der Waals surface area contributed by atoms with Crippen LogP contribution >= 0.6 is 0 Å². The number of hydrogen-bond acceptors (Lipinski definition) is 5. The molecular weight excluding hydrogens is 242 g/mol. The Kier molecular flexibility index (Phi) is 2.63. The standard InChI is InChI=1S/C13H13N5O/c1-14-13-12(17-16-7-15-13)8-3-4-10-9(5-8)6-11(19)18(10)2/h3-5,7H,6H2,1-2H3,(H,14,15,16). The summed E-state index contributed by atoms with van der Waals surface area (Å²) in [7, 11) is 3.58. The number of carbonyl (C=O) groups excluding carboxylic acids is 1. The van der Waals surface area contributed by atoms with Gasteiger partial charge in [-0.2, -0.15) is 0 Å². The van der Waals surface area contributed by atoms with Gasteiger partial charge in [0.05, 0.1) is 6.42 Å². The van der Waals surface area contributed by atoms with Crippen LogP contribution in [0.1, 0.15) is 5.56 Å². The predicted octanol–water partition coefficient (Wildman–Crippen LogP) is 1.10. The number of likely N-dealkylation sites (N-methyl/N-ethyl adjacent to an activating group) is 1. The van der Waals surface area contributed by atoms with Crippen LogP contribution in [0.5, 0.6) is 0 Å². The summed E-state index contributed by atoms with van der Waals surface area (Å²) in [6.07, 6.45) is 1.84. The van der Waals surface area contributed by atoms with Crippen LogP contribution in [-0.4, -0.2) is 35.2 Å². The van der Waals surface area contributed by atoms with Crippen molar-refractivity contribution in [1.82, 2.24) is 15.2 Å². The summed E-state index contributed by atoms with van der Waals surface area (Å²) in [5, 5.41) is 10.9. The summed E-state index contributed by atoms with van der Waals surface area (Å²) in [6, 6.07) is 5.84. The fraction of sp³-hybridized carbons (Fsp3) is 0.231. The van der Waals surface area contributed by atoms with Crippen LogP contribution in [0.15, 0.2) is 24.5 Å². The summed E-state index contributed by atoms with van der Waals surface area (Å²) in [6.45, 7) is 0. The number of carbonyl (C=O) groups is 1. The molecule has 0 atom stereocenters. The topological polar surface area (TPSA) is 71.0 Å². The maximum Gasteiger partial charge on any atom is 0.231 e. The first kappa shape index (κ1) is 11.6. The molecule has 2 aromatic rings. The van der Waals surface area contributed by atoms with Gasteiger partial charge in [-0.3, -0.25) is 4.79 Å². The second-order valence-corrected chi connectivity index (χ2v) is 4.38. The third-order valence-electron chi connectivity index (χ3n) is 3.29. The van der Waals surface area contributed by atoms with Gasteiger partial charge in [0.2, 0.25) is 5.91 Å². The molecule has 0 fully saturated rings. The molecule has 1 aromatic carbocycles. The number of anilines is 2. The van der Waals surface area contributed by atoms with Crippen LogP contribution in [0.25, 0.3) is 11.3 Å². The summed E-state index contributed by atoms with van der Waals surface area (Å²) in [4.78, 5) is 17.5. The molecule has 0 aliphatic carbocycles. The summed E-state index contributed by atoms with van der Waals surface area (Å²) < 4.78 is 0. The van der Waals surface area contributed by atoms with Crippen molar-refractivity contribution >= 4 is 17.4 Å². The fourth-order valence-electron chi connectivity index (χ4n) is 2.27. The van der Waals surface area contributed by atoms with E-state index >= 15 is 0 Å². The van der Waals surface area contributed by atoms with Crippen LogP contribution in [0, 0.1) is 0 Å². The summed E-state index contributed by atoms with van der Waals surface area (Å²) in [5.41, 5.74) is 3.57. The van der Waals surface area contributed by atoms with E-state index in [1.54, 1.807) is 19.0 Å². The SMILES string of the molecule is CNc1ncnnc1-c1ccc2c(c1)CC(=O)N2C. The van der Waals surface area contributed by atoms with E-state index in [0.29, 0.717) is 17.9 Å². The van der Waals surface area contributed by atoms with Crippen molar-refractivity contribution in [1.29, 1.82) is 0 Å². The molecular formula is C13H13N5O. The molecule has 0 radical (unpaired) electrons. The van der Waals surface area contributed by atoms with E-state index in [1.807, 2.05) is 18.2 Å². The van der Waals surface area contributed by atoms with Crippen LogP contribution in [-0.2, 0) is 11.2 Å². The Morgan fingerprint density at radius 1 is 1.37 bits per heavy atom. The molecule has 6 nitrogen and oxygen atoms in total. The lowest BCUT2D eigenvalue weighted by molar-refractivity contribution is -0.117. The van der Waals surface area contributed by atoms with Crippen molar-refractivity contribution in [3.05, 3.63) is 30.1 Å². The molecule has 96 valence electrons. The largest absolute Gasteiger partial charge is 0.371 e. The van der Waals surface area contributed by atoms with E-state index < -0.39 is 0 Å². The molecule has 2 heterocycles. The number of hydrogen-bond donors (Lipinski definition) is 1. The van der Waals surface area contributed by atoms with Gasteiger partial charge < -0.3 is 10.2 Å². The lowest BCUT2D eigenvalue weighted by atomic mass is 10.1. The first-order valence-corrected chi connectivity index (χ1v) is 5.96. The normalized spacial score (nSPS) is 13.6. The Hall–Kier alpha value is -2.50. The second kappa shape index (κ2) is 4.31. The van der Waals surface area contributed by atoms with E-state index in [-0.39, 0.29) is 5.91 Å². The Bertz CT molecular complexity index is 655. The highest BCUT2D eigenvalue weighted by atomic mass is 16.2. The van der Waals surface area contributed by atoms with Crippen LogP contribution in [0.2, 0.25) is 0 Å². The smallest absolute Gasteiger partial charge is 0.231 e. The molecule has 0 unspecified atom stereocenters. The molecule has 6 heteroatoms. The Morgan fingerprint density at radius 2 is 2.21 bits per heavy atom. The molecule has 1 amide bonds. The lowest BCUT2D eigenvalue weighted by Gasteiger charge is -2.11. The molecule has 3 rings (SSSR count). The quantitative estimate of drug-likeness (QED) is 0.870. The average Bonchev–Trinajstić information content (AvgIpc) is 2.73. The van der Waals surface area contributed by atoms with Gasteiger partial charge in [0.25, 0.3) is 0 Å². The molecule has 19 heavy (non-hydrogen) atoms. The number of rotatable bonds is 2. The van der Waals surface area contributed by atoms with Gasteiger partial charge in [0.15, 0.2) is 5.82 Å². The maximum atomic E-state index is 11.7. The highest BCUT2D eigenvalue weighted by molar-refractivity contribution is 6.01. The van der Waals surface area contributed by atoms with Gasteiger partial charge in [-0.25, -0.2) is 4.98 Å². The molecule has 0 saturated heterocycles. The third-order valence-corrected chi connectivity index (χ3v) is 3.29. The van der Waals surface area contributed by atoms with Gasteiger partial charge >= 0.3 is 0 Å². The third kappa shape index (κ3) is 1.81. The first-order valence-electron chi connectivity index (χ1n) is 5.96. The van der Waals surface area contributed by atoms with Crippen LogP contribution in [0.4, 0.5) is 11.5 Å². The zero-order valence-electron chi connectivity index (χ0n) is 10.7. The Balaban J connectivity index is 2.09. The minimum absolute atomic E-state index is 0.110. The van der Waals surface area contributed by atoms with Crippen molar-refractivity contribution in [2.75, 3.05) is 24.3 Å². The van der Waals surface area contributed by atoms with Crippen molar-refractivity contribution in [2.24, 2.45) is 0 Å². The van der Waals surface area contributed by atoms with Crippen molar-refractivity contribution in [3.63, 3.8) is 0 Å². The lowest BCUT2D eigenvalue weighted by Crippen LogP contribution is -2.20. The van der Waals surface area contributed by atoms with Gasteiger partial charge in [-0.1, -0.05) is 6.07 Å². The predicted molar refractivity (Wildman–Crippen MR) is 71.9 cm³/mol. The fourth-order valence-corrected chi connectivity index (χ4v) is 2.27. The number of nitrogens with one attached hydrogen (secondary N) is 1. The molecule has 0 bridgehead atoms. The number of amides is 1. The number of nitrogens with zero attached hydrogens (tertiary/aromatic N) is 4. The van der Waals surface area contributed by atoms with Gasteiger partial charge in [-0.05, 0) is 17.7 Å². The Morgan fingerprint density at radius 3 is 3.00 bits per heavy atom. The Labute approximate surface area is 110 Å². The van der Waals surface area contributed by atoms with Crippen molar-refractivity contribution in [2.45, 2.75) is 6.42 Å². The van der Waals surface area contributed by atoms with E-state index in [2.05, 4.69) is 20.5 Å². The molecule has 0 spiro atoms. The molecule has 1 aliphatic rings. The second-order valence-electron chi connectivity index (χ2n) is 4.38. The minimum atomic E-state index is 0.110. The highest BCUT2D eigenvalue weighted by Gasteiger charge is 2.24. The van der Waals surface area contributed by atoms with E-state index in [4.69, 9.17) is 0 Å². The molecule has 1 N–H and O–H groups in total. The molecule has 1 aliphatic heterocycles. The average molecular weight is 255 g/mol. The van der Waals surface area contributed by atoms with Crippen LogP contribution < -0.4 is 10.2 Å². The van der Waals surface area contributed by atoms with E-state index in [9.17, 15) is 4.79 Å². The molecule has 0 saturated carbocycles. The number of aromatic nitrogens is 3. The monoisotopic (exact) mass is 255 g/mol. The summed E-state index contributed by atoms with van der Waals surface area (Å²) >= 11 is 0. The highest BCUT2D eigenvalue weighted by Crippen LogP contribution is 2.32. The maximum absolute atomic E-state index is 11.7. The van der Waals surface area contributed by atoms with Crippen molar-refractivity contribution in [3.8, 4) is 11.3 Å². The number of benzene rings is 1. The number of fused-ring (bicyclic) bond motifs is 1.